The van der Waals surface area contributed by atoms with E-state index in [1.54, 1.807) is 0 Å². The minimum Gasteiger partial charge on any atom is -0.474 e. The topological polar surface area (TPSA) is 133 Å². The molecular weight excluding hydrogens is 604 g/mol. The van der Waals surface area contributed by atoms with E-state index in [-0.39, 0.29) is 0 Å². The van der Waals surface area contributed by atoms with E-state index in [2.05, 4.69) is 24.5 Å². The monoisotopic (exact) mass is 679 g/mol. The summed E-state index contributed by atoms with van der Waals surface area (Å²) in [5, 5.41) is 22.1. The van der Waals surface area contributed by atoms with Gasteiger partial charge in [0.1, 0.15) is 0 Å². The Hall–Kier alpha value is -2.12. The molecule has 48 heavy (non-hydrogen) atoms. The van der Waals surface area contributed by atoms with Gasteiger partial charge in [0.2, 0.25) is 0 Å². The van der Waals surface area contributed by atoms with Crippen molar-refractivity contribution in [1.82, 2.24) is 10.6 Å². The van der Waals surface area contributed by atoms with Crippen molar-refractivity contribution in [3.63, 3.8) is 0 Å². The van der Waals surface area contributed by atoms with Gasteiger partial charge in [-0.25, -0.2) is 9.59 Å². The number of hydrogen-bond donors (Lipinski definition) is 4. The first-order chi connectivity index (χ1) is 23.3. The second kappa shape index (κ2) is 29.8. The van der Waals surface area contributed by atoms with Gasteiger partial charge in [0.05, 0.1) is 0 Å². The SMILES string of the molecule is CCCCCC1CCC(CCCCCCCCCNC(=O)C(=O)O)C(CCCCCCCCCCCNC(=O)C(=O)O)C1CCCCC. The number of rotatable bonds is 30. The zero-order chi connectivity index (χ0) is 35.2. The minimum absolute atomic E-state index is 0.452. The molecule has 0 aromatic rings. The summed E-state index contributed by atoms with van der Waals surface area (Å²) in [4.78, 5) is 43.3. The molecular formula is C40H74N2O6. The van der Waals surface area contributed by atoms with Crippen molar-refractivity contribution >= 4 is 23.8 Å². The van der Waals surface area contributed by atoms with Crippen molar-refractivity contribution in [1.29, 1.82) is 0 Å². The summed E-state index contributed by atoms with van der Waals surface area (Å²) >= 11 is 0. The summed E-state index contributed by atoms with van der Waals surface area (Å²) in [5.74, 6) is -0.946. The van der Waals surface area contributed by atoms with Gasteiger partial charge in [-0.2, -0.15) is 0 Å². The smallest absolute Gasteiger partial charge is 0.394 e. The number of carbonyl (C=O) groups is 4. The Morgan fingerprint density at radius 3 is 1.08 bits per heavy atom. The molecule has 4 N–H and O–H groups in total. The lowest BCUT2D eigenvalue weighted by Crippen LogP contribution is -2.35. The van der Waals surface area contributed by atoms with E-state index < -0.39 is 23.8 Å². The Labute approximate surface area is 293 Å². The fraction of sp³-hybridized carbons (Fsp3) is 0.900. The van der Waals surface area contributed by atoms with Gasteiger partial charge >= 0.3 is 23.8 Å². The van der Waals surface area contributed by atoms with Crippen LogP contribution in [0, 0.1) is 23.7 Å². The molecule has 1 saturated carbocycles. The van der Waals surface area contributed by atoms with Gasteiger partial charge in [0, 0.05) is 13.1 Å². The molecule has 8 heteroatoms. The third kappa shape index (κ3) is 21.8. The number of carboxylic acid groups (broad SMARTS) is 2. The standard InChI is InChI=1S/C40H74N2O6/c1-3-5-19-25-33-29-30-34(26-21-15-11-10-14-18-24-32-42-38(44)40(47)48)36(35(33)27-20-6-4-2)28-22-16-12-8-7-9-13-17-23-31-41-37(43)39(45)46/h33-36H,3-32H2,1-2H3,(H,41,43)(H,42,44)(H,45,46)(H,47,48). The van der Waals surface area contributed by atoms with Gasteiger partial charge in [0.15, 0.2) is 0 Å². The van der Waals surface area contributed by atoms with Crippen LogP contribution in [0.3, 0.4) is 0 Å². The van der Waals surface area contributed by atoms with Crippen LogP contribution in [-0.4, -0.2) is 47.1 Å². The third-order valence-electron chi connectivity index (χ3n) is 10.9. The maximum Gasteiger partial charge on any atom is 0.394 e. The van der Waals surface area contributed by atoms with E-state index in [0.29, 0.717) is 13.1 Å². The first kappa shape index (κ1) is 43.9. The van der Waals surface area contributed by atoms with E-state index >= 15 is 0 Å². The van der Waals surface area contributed by atoms with E-state index in [4.69, 9.17) is 10.2 Å². The number of nitrogens with one attached hydrogen (secondary N) is 2. The van der Waals surface area contributed by atoms with Gasteiger partial charge in [0.25, 0.3) is 0 Å². The van der Waals surface area contributed by atoms with Crippen LogP contribution in [0.5, 0.6) is 0 Å². The largest absolute Gasteiger partial charge is 0.474 e. The number of carbonyl (C=O) groups excluding carboxylic acids is 2. The summed E-state index contributed by atoms with van der Waals surface area (Å²) in [6.45, 7) is 5.56. The molecule has 0 aliphatic heterocycles. The van der Waals surface area contributed by atoms with Crippen molar-refractivity contribution in [3.8, 4) is 0 Å². The highest BCUT2D eigenvalue weighted by molar-refractivity contribution is 6.31. The molecule has 1 aliphatic carbocycles. The molecule has 2 amide bonds. The summed E-state index contributed by atoms with van der Waals surface area (Å²) < 4.78 is 0. The lowest BCUT2D eigenvalue weighted by atomic mass is 9.61. The second-order valence-electron chi connectivity index (χ2n) is 14.8. The van der Waals surface area contributed by atoms with E-state index in [0.717, 1.165) is 62.2 Å². The highest BCUT2D eigenvalue weighted by Crippen LogP contribution is 2.47. The van der Waals surface area contributed by atoms with E-state index in [1.807, 2.05) is 0 Å². The van der Waals surface area contributed by atoms with Gasteiger partial charge in [-0.1, -0.05) is 155 Å². The molecule has 8 nitrogen and oxygen atoms in total. The molecule has 0 bridgehead atoms. The lowest BCUT2D eigenvalue weighted by Gasteiger charge is -2.44. The maximum atomic E-state index is 11.1. The first-order valence-electron chi connectivity index (χ1n) is 20.3. The quantitative estimate of drug-likeness (QED) is 0.0442. The molecule has 4 unspecified atom stereocenters. The average Bonchev–Trinajstić information content (AvgIpc) is 3.07. The summed E-state index contributed by atoms with van der Waals surface area (Å²) in [6.07, 6.45) is 35.9. The minimum atomic E-state index is -1.41. The predicted octanol–water partition coefficient (Wildman–Crippen LogP) is 9.83. The lowest BCUT2D eigenvalue weighted by molar-refractivity contribution is -0.150. The number of unbranched alkanes of at least 4 members (excludes halogenated alkanes) is 18. The molecule has 0 spiro atoms. The Balaban J connectivity index is 2.45. The summed E-state index contributed by atoms with van der Waals surface area (Å²) in [6, 6.07) is 0. The highest BCUT2D eigenvalue weighted by atomic mass is 16.4. The van der Waals surface area contributed by atoms with Crippen LogP contribution < -0.4 is 10.6 Å². The molecule has 4 atom stereocenters. The number of carboxylic acids is 2. The predicted molar refractivity (Wildman–Crippen MR) is 196 cm³/mol. The van der Waals surface area contributed by atoms with Crippen LogP contribution in [0.1, 0.15) is 194 Å². The molecule has 1 fully saturated rings. The normalized spacial score (nSPS) is 19.2. The Morgan fingerprint density at radius 1 is 0.438 bits per heavy atom. The second-order valence-corrected chi connectivity index (χ2v) is 14.8. The van der Waals surface area contributed by atoms with Crippen LogP contribution >= 0.6 is 0 Å². The first-order valence-corrected chi connectivity index (χ1v) is 20.3. The van der Waals surface area contributed by atoms with Gasteiger partial charge in [-0.05, 0) is 62.2 Å². The van der Waals surface area contributed by atoms with Crippen LogP contribution in [0.2, 0.25) is 0 Å². The van der Waals surface area contributed by atoms with Crippen LogP contribution in [0.4, 0.5) is 0 Å². The summed E-state index contributed by atoms with van der Waals surface area (Å²) in [5.41, 5.74) is 0. The zero-order valence-electron chi connectivity index (χ0n) is 31.1. The molecule has 1 aliphatic rings. The van der Waals surface area contributed by atoms with Crippen molar-refractivity contribution in [2.24, 2.45) is 23.7 Å². The molecule has 0 saturated heterocycles. The van der Waals surface area contributed by atoms with Crippen molar-refractivity contribution in [2.45, 2.75) is 194 Å². The Bertz CT molecular complexity index is 850. The van der Waals surface area contributed by atoms with E-state index in [1.165, 1.54) is 141 Å². The van der Waals surface area contributed by atoms with Crippen LogP contribution in [0.15, 0.2) is 0 Å². The van der Waals surface area contributed by atoms with E-state index in [9.17, 15) is 19.2 Å². The molecule has 0 heterocycles. The molecule has 1 rings (SSSR count). The van der Waals surface area contributed by atoms with Crippen molar-refractivity contribution in [2.75, 3.05) is 13.1 Å². The van der Waals surface area contributed by atoms with Gasteiger partial charge in [-0.15, -0.1) is 0 Å². The number of aliphatic carboxylic acids is 2. The third-order valence-corrected chi connectivity index (χ3v) is 10.9. The average molecular weight is 679 g/mol. The molecule has 0 aromatic heterocycles. The van der Waals surface area contributed by atoms with Gasteiger partial charge in [-0.3, -0.25) is 9.59 Å². The number of amides is 2. The van der Waals surface area contributed by atoms with Gasteiger partial charge < -0.3 is 20.8 Å². The Kier molecular flexibility index (Phi) is 27.2. The van der Waals surface area contributed by atoms with Crippen LogP contribution in [-0.2, 0) is 19.2 Å². The molecule has 0 aromatic carbocycles. The number of hydrogen-bond acceptors (Lipinski definition) is 4. The maximum absolute atomic E-state index is 11.1. The highest BCUT2D eigenvalue weighted by Gasteiger charge is 2.37. The zero-order valence-corrected chi connectivity index (χ0v) is 31.1. The fourth-order valence-corrected chi connectivity index (χ4v) is 8.17. The van der Waals surface area contributed by atoms with Crippen LogP contribution in [0.25, 0.3) is 0 Å². The fourth-order valence-electron chi connectivity index (χ4n) is 8.17. The van der Waals surface area contributed by atoms with Crippen molar-refractivity contribution in [3.05, 3.63) is 0 Å². The summed E-state index contributed by atoms with van der Waals surface area (Å²) in [7, 11) is 0. The molecule has 280 valence electrons. The Morgan fingerprint density at radius 2 is 0.729 bits per heavy atom. The molecule has 0 radical (unpaired) electrons. The van der Waals surface area contributed by atoms with Crippen molar-refractivity contribution < 1.29 is 29.4 Å².